The zero-order valence-corrected chi connectivity index (χ0v) is 14.3. The summed E-state index contributed by atoms with van der Waals surface area (Å²) in [5, 5.41) is 0. The second-order valence-electron chi connectivity index (χ2n) is 4.96. The molecule has 0 unspecified atom stereocenters. The average molecular weight is 371 g/mol. The van der Waals surface area contributed by atoms with Crippen molar-refractivity contribution in [3.05, 3.63) is 97.6 Å². The Morgan fingerprint density at radius 3 is 0.880 bits per heavy atom. The Morgan fingerprint density at radius 1 is 0.400 bits per heavy atom. The summed E-state index contributed by atoms with van der Waals surface area (Å²) >= 11 is -2.10. The molecule has 0 atom stereocenters. The summed E-state index contributed by atoms with van der Waals surface area (Å²) < 4.78 is 3.73. The third-order valence-electron chi connectivity index (χ3n) is 3.41. The van der Waals surface area contributed by atoms with E-state index in [4.69, 9.17) is 19.9 Å². The number of rotatable bonds is 4. The van der Waals surface area contributed by atoms with Crippen molar-refractivity contribution in [2.45, 2.75) is 0 Å². The third-order valence-corrected chi connectivity index (χ3v) is 7.62. The Bertz CT molecular complexity index is 769. The standard InChI is InChI=1S/4C5H4N.Ni/c4*1-2-4-6-5-3-1;/h4*1-4H;. The van der Waals surface area contributed by atoms with Crippen molar-refractivity contribution >= 4 is 18.7 Å². The first kappa shape index (κ1) is 15.6. The Morgan fingerprint density at radius 2 is 0.680 bits per heavy atom. The van der Waals surface area contributed by atoms with E-state index in [1.807, 2.05) is 97.6 Å². The molecule has 0 spiro atoms. The SMILES string of the molecule is c1cc[c]([Ni]([c]2ccccn2)([c]2ccccn2)[c]2ccccn2)nc1. The fourth-order valence-corrected chi connectivity index (χ4v) is 6.37. The molecule has 0 radical (unpaired) electrons. The number of pyridine rings is 4. The van der Waals surface area contributed by atoms with Gasteiger partial charge in [0.05, 0.1) is 0 Å². The van der Waals surface area contributed by atoms with Gasteiger partial charge in [0, 0.05) is 0 Å². The summed E-state index contributed by atoms with van der Waals surface area (Å²) in [6, 6.07) is 23.9. The quantitative estimate of drug-likeness (QED) is 0.503. The van der Waals surface area contributed by atoms with Crippen molar-refractivity contribution < 1.29 is 12.4 Å². The van der Waals surface area contributed by atoms with Crippen LogP contribution in [0.25, 0.3) is 0 Å². The molecule has 0 bridgehead atoms. The monoisotopic (exact) mass is 370 g/mol. The van der Waals surface area contributed by atoms with Crippen molar-refractivity contribution in [3.8, 4) is 0 Å². The molecule has 4 aromatic rings. The fourth-order valence-electron chi connectivity index (χ4n) is 2.38. The summed E-state index contributed by atoms with van der Waals surface area (Å²) in [4.78, 5) is 18.8. The molecule has 25 heavy (non-hydrogen) atoms. The van der Waals surface area contributed by atoms with E-state index in [9.17, 15) is 0 Å². The van der Waals surface area contributed by atoms with Gasteiger partial charge in [0.2, 0.25) is 0 Å². The van der Waals surface area contributed by atoms with Crippen LogP contribution in [0.2, 0.25) is 0 Å². The second-order valence-corrected chi connectivity index (χ2v) is 8.46. The first-order chi connectivity index (χ1) is 12.4. The second kappa shape index (κ2) is 6.92. The third kappa shape index (κ3) is 2.73. The van der Waals surface area contributed by atoms with Gasteiger partial charge in [0.15, 0.2) is 0 Å². The molecule has 0 saturated heterocycles. The molecule has 0 aliphatic rings. The maximum absolute atomic E-state index is 4.70. The maximum atomic E-state index is 4.70. The van der Waals surface area contributed by atoms with Gasteiger partial charge >= 0.3 is 149 Å². The van der Waals surface area contributed by atoms with Gasteiger partial charge in [-0.15, -0.1) is 0 Å². The van der Waals surface area contributed by atoms with Crippen LogP contribution in [-0.4, -0.2) is 19.9 Å². The number of aromatic nitrogens is 4. The van der Waals surface area contributed by atoms with Crippen LogP contribution in [0.15, 0.2) is 97.6 Å². The number of hydrogen-bond donors (Lipinski definition) is 0. The molecule has 0 N–H and O–H groups in total. The van der Waals surface area contributed by atoms with Crippen molar-refractivity contribution in [1.29, 1.82) is 0 Å². The molecular formula is C20H16N4Ni. The minimum atomic E-state index is -2.10. The molecule has 0 fully saturated rings. The molecule has 126 valence electrons. The van der Waals surface area contributed by atoms with Gasteiger partial charge in [-0.2, -0.15) is 0 Å². The first-order valence-electron chi connectivity index (χ1n) is 7.71. The van der Waals surface area contributed by atoms with Gasteiger partial charge in [0.25, 0.3) is 0 Å². The molecule has 5 heteroatoms. The average Bonchev–Trinajstić information content (AvgIpc) is 2.72. The van der Waals surface area contributed by atoms with Gasteiger partial charge in [-0.05, 0) is 0 Å². The van der Waals surface area contributed by atoms with Gasteiger partial charge < -0.3 is 0 Å². The summed E-state index contributed by atoms with van der Waals surface area (Å²) in [5.74, 6) is 0. The van der Waals surface area contributed by atoms with E-state index < -0.39 is 12.4 Å². The van der Waals surface area contributed by atoms with Crippen LogP contribution in [0.3, 0.4) is 0 Å². The van der Waals surface area contributed by atoms with Crippen LogP contribution in [0.1, 0.15) is 0 Å². The van der Waals surface area contributed by atoms with Gasteiger partial charge in [0.1, 0.15) is 0 Å². The minimum absolute atomic E-state index is 0.933. The summed E-state index contributed by atoms with van der Waals surface area (Å²) in [6.45, 7) is 0. The molecule has 4 rings (SSSR count). The van der Waals surface area contributed by atoms with Crippen LogP contribution in [-0.2, 0) is 12.4 Å². The van der Waals surface area contributed by atoms with Gasteiger partial charge in [-0.25, -0.2) is 0 Å². The Balaban J connectivity index is 2.13. The van der Waals surface area contributed by atoms with E-state index in [-0.39, 0.29) is 0 Å². The van der Waals surface area contributed by atoms with Crippen LogP contribution in [0, 0.1) is 0 Å². The zero-order chi connectivity index (χ0) is 17.0. The predicted octanol–water partition coefficient (Wildman–Crippen LogP) is 1.02. The van der Waals surface area contributed by atoms with Crippen molar-refractivity contribution in [2.24, 2.45) is 0 Å². The van der Waals surface area contributed by atoms with E-state index in [1.54, 1.807) is 0 Å². The number of nitrogens with zero attached hydrogens (tertiary/aromatic N) is 4. The van der Waals surface area contributed by atoms with Crippen LogP contribution >= 0.6 is 0 Å². The Kier molecular flexibility index (Phi) is 4.32. The van der Waals surface area contributed by atoms with Crippen LogP contribution < -0.4 is 18.7 Å². The van der Waals surface area contributed by atoms with Crippen molar-refractivity contribution in [3.63, 3.8) is 0 Å². The van der Waals surface area contributed by atoms with Gasteiger partial charge in [-0.1, -0.05) is 0 Å². The Labute approximate surface area is 148 Å². The van der Waals surface area contributed by atoms with Crippen molar-refractivity contribution in [2.75, 3.05) is 0 Å². The fraction of sp³-hybridized carbons (Fsp3) is 0. The summed E-state index contributed by atoms with van der Waals surface area (Å²) in [6.07, 6.45) is 7.26. The zero-order valence-electron chi connectivity index (χ0n) is 13.3. The van der Waals surface area contributed by atoms with Crippen molar-refractivity contribution in [1.82, 2.24) is 19.9 Å². The molecule has 0 aliphatic carbocycles. The molecule has 4 aromatic heterocycles. The molecule has 0 aromatic carbocycles. The van der Waals surface area contributed by atoms with Crippen LogP contribution in [0.5, 0.6) is 0 Å². The Hall–Kier alpha value is -2.91. The molecule has 4 heterocycles. The van der Waals surface area contributed by atoms with Gasteiger partial charge in [-0.3, -0.25) is 0 Å². The molecule has 0 aliphatic heterocycles. The summed E-state index contributed by atoms with van der Waals surface area (Å²) in [5.41, 5.74) is 0. The predicted molar refractivity (Wildman–Crippen MR) is 95.5 cm³/mol. The van der Waals surface area contributed by atoms with E-state index in [0.29, 0.717) is 0 Å². The number of hydrogen-bond acceptors (Lipinski definition) is 4. The molecular weight excluding hydrogens is 355 g/mol. The first-order valence-corrected chi connectivity index (χ1v) is 9.69. The van der Waals surface area contributed by atoms with E-state index in [1.165, 1.54) is 0 Å². The summed E-state index contributed by atoms with van der Waals surface area (Å²) in [7, 11) is 0. The molecule has 0 saturated carbocycles. The van der Waals surface area contributed by atoms with E-state index in [2.05, 4.69) is 0 Å². The van der Waals surface area contributed by atoms with E-state index in [0.717, 1.165) is 18.7 Å². The molecule has 0 amide bonds. The topological polar surface area (TPSA) is 51.6 Å². The van der Waals surface area contributed by atoms with E-state index >= 15 is 0 Å². The molecule has 4 nitrogen and oxygen atoms in total. The van der Waals surface area contributed by atoms with Crippen LogP contribution in [0.4, 0.5) is 0 Å². The normalized spacial score (nSPS) is 11.8.